The number of nitrogens with one attached hydrogen (secondary N) is 1. The summed E-state index contributed by atoms with van der Waals surface area (Å²) in [6, 6.07) is 0.411. The van der Waals surface area contributed by atoms with E-state index in [2.05, 4.69) is 5.32 Å². The summed E-state index contributed by atoms with van der Waals surface area (Å²) in [7, 11) is 0. The average Bonchev–Trinajstić information content (AvgIpc) is 2.29. The first-order valence-corrected chi connectivity index (χ1v) is 7.19. The van der Waals surface area contributed by atoms with Crippen LogP contribution >= 0.6 is 0 Å². The van der Waals surface area contributed by atoms with Gasteiger partial charge in [0, 0.05) is 11.6 Å². The van der Waals surface area contributed by atoms with Crippen molar-refractivity contribution < 1.29 is 4.79 Å². The summed E-state index contributed by atoms with van der Waals surface area (Å²) in [5.74, 6) is 0.236. The second-order valence-corrected chi connectivity index (χ2v) is 6.15. The van der Waals surface area contributed by atoms with Crippen LogP contribution in [0.5, 0.6) is 0 Å². The van der Waals surface area contributed by atoms with Gasteiger partial charge in [-0.1, -0.05) is 32.1 Å². The van der Waals surface area contributed by atoms with Crippen LogP contribution in [0.3, 0.4) is 0 Å². The van der Waals surface area contributed by atoms with Gasteiger partial charge in [0.25, 0.3) is 0 Å². The fraction of sp³-hybridized carbons (Fsp3) is 0.929. The molecule has 2 rings (SSSR count). The molecule has 0 bridgehead atoms. The van der Waals surface area contributed by atoms with E-state index in [0.29, 0.717) is 6.04 Å². The SMILES string of the molecule is CC1(N)CCCCC1C(=O)NC1CCCCC1. The minimum atomic E-state index is -0.295. The van der Waals surface area contributed by atoms with Gasteiger partial charge in [-0.15, -0.1) is 0 Å². The summed E-state index contributed by atoms with van der Waals surface area (Å²) in [6.45, 7) is 2.04. The Labute approximate surface area is 105 Å². The molecule has 0 saturated heterocycles. The van der Waals surface area contributed by atoms with E-state index in [1.165, 1.54) is 25.7 Å². The van der Waals surface area contributed by atoms with Gasteiger partial charge in [-0.05, 0) is 32.6 Å². The van der Waals surface area contributed by atoms with Crippen molar-refractivity contribution in [1.82, 2.24) is 5.32 Å². The number of carbonyl (C=O) groups is 1. The van der Waals surface area contributed by atoms with Gasteiger partial charge in [0.15, 0.2) is 0 Å². The van der Waals surface area contributed by atoms with Crippen molar-refractivity contribution in [3.8, 4) is 0 Å². The van der Waals surface area contributed by atoms with Crippen molar-refractivity contribution in [2.24, 2.45) is 11.7 Å². The smallest absolute Gasteiger partial charge is 0.225 e. The highest BCUT2D eigenvalue weighted by molar-refractivity contribution is 5.80. The highest BCUT2D eigenvalue weighted by Gasteiger charge is 2.38. The van der Waals surface area contributed by atoms with Crippen LogP contribution in [-0.2, 0) is 4.79 Å². The van der Waals surface area contributed by atoms with Crippen molar-refractivity contribution in [3.05, 3.63) is 0 Å². The lowest BCUT2D eigenvalue weighted by molar-refractivity contribution is -0.129. The van der Waals surface area contributed by atoms with Gasteiger partial charge in [0.2, 0.25) is 5.91 Å². The van der Waals surface area contributed by atoms with E-state index < -0.39 is 0 Å². The summed E-state index contributed by atoms with van der Waals surface area (Å²) >= 11 is 0. The maximum absolute atomic E-state index is 12.3. The third kappa shape index (κ3) is 3.21. The Morgan fingerprint density at radius 1 is 1.12 bits per heavy atom. The maximum Gasteiger partial charge on any atom is 0.225 e. The van der Waals surface area contributed by atoms with Crippen LogP contribution in [0.2, 0.25) is 0 Å². The highest BCUT2D eigenvalue weighted by Crippen LogP contribution is 2.32. The van der Waals surface area contributed by atoms with Gasteiger partial charge in [-0.3, -0.25) is 4.79 Å². The maximum atomic E-state index is 12.3. The molecule has 0 aromatic heterocycles. The molecule has 2 aliphatic carbocycles. The predicted octanol–water partition coefficient (Wildman–Crippen LogP) is 2.34. The van der Waals surface area contributed by atoms with E-state index in [4.69, 9.17) is 5.73 Å². The first-order valence-electron chi connectivity index (χ1n) is 7.19. The number of rotatable bonds is 2. The Kier molecular flexibility index (Phi) is 4.08. The first kappa shape index (κ1) is 12.9. The second kappa shape index (κ2) is 5.38. The molecule has 0 heterocycles. The number of nitrogens with two attached hydrogens (primary N) is 1. The Morgan fingerprint density at radius 3 is 2.41 bits per heavy atom. The fourth-order valence-corrected chi connectivity index (χ4v) is 3.34. The predicted molar refractivity (Wildman–Crippen MR) is 69.6 cm³/mol. The Hall–Kier alpha value is -0.570. The molecule has 3 heteroatoms. The fourth-order valence-electron chi connectivity index (χ4n) is 3.34. The van der Waals surface area contributed by atoms with Gasteiger partial charge in [0.1, 0.15) is 0 Å². The molecule has 0 aromatic rings. The number of carbonyl (C=O) groups excluding carboxylic acids is 1. The molecule has 17 heavy (non-hydrogen) atoms. The number of hydrogen-bond donors (Lipinski definition) is 2. The van der Waals surface area contributed by atoms with Gasteiger partial charge >= 0.3 is 0 Å². The Bertz CT molecular complexity index is 269. The molecule has 0 spiro atoms. The van der Waals surface area contributed by atoms with Crippen LogP contribution < -0.4 is 11.1 Å². The molecule has 3 nitrogen and oxygen atoms in total. The minimum Gasteiger partial charge on any atom is -0.353 e. The molecule has 2 unspecified atom stereocenters. The zero-order valence-corrected chi connectivity index (χ0v) is 11.0. The standard InChI is InChI=1S/C14H26N2O/c1-14(15)10-6-5-9-12(14)13(17)16-11-7-3-2-4-8-11/h11-12H,2-10,15H2,1H3,(H,16,17). The van der Waals surface area contributed by atoms with Crippen molar-refractivity contribution in [1.29, 1.82) is 0 Å². The van der Waals surface area contributed by atoms with Crippen LogP contribution in [-0.4, -0.2) is 17.5 Å². The zero-order chi connectivity index (χ0) is 12.3. The van der Waals surface area contributed by atoms with E-state index in [1.807, 2.05) is 6.92 Å². The summed E-state index contributed by atoms with van der Waals surface area (Å²) in [5, 5.41) is 3.23. The molecule has 3 N–H and O–H groups in total. The minimum absolute atomic E-state index is 0.0261. The molecular formula is C14H26N2O. The van der Waals surface area contributed by atoms with E-state index >= 15 is 0 Å². The van der Waals surface area contributed by atoms with Crippen LogP contribution in [0.4, 0.5) is 0 Å². The Morgan fingerprint density at radius 2 is 1.76 bits per heavy atom. The summed E-state index contributed by atoms with van der Waals surface area (Å²) < 4.78 is 0. The molecule has 2 aliphatic rings. The summed E-state index contributed by atoms with van der Waals surface area (Å²) in [5.41, 5.74) is 5.97. The lowest BCUT2D eigenvalue weighted by Crippen LogP contribution is -2.54. The molecule has 2 atom stereocenters. The largest absolute Gasteiger partial charge is 0.353 e. The topological polar surface area (TPSA) is 55.1 Å². The summed E-state index contributed by atoms with van der Waals surface area (Å²) in [4.78, 5) is 12.3. The quantitative estimate of drug-likeness (QED) is 0.776. The van der Waals surface area contributed by atoms with E-state index in [-0.39, 0.29) is 17.4 Å². The highest BCUT2D eigenvalue weighted by atomic mass is 16.2. The molecule has 0 radical (unpaired) electrons. The first-order chi connectivity index (χ1) is 8.09. The average molecular weight is 238 g/mol. The van der Waals surface area contributed by atoms with Crippen molar-refractivity contribution in [3.63, 3.8) is 0 Å². The van der Waals surface area contributed by atoms with Gasteiger partial charge in [-0.25, -0.2) is 0 Å². The molecule has 0 aliphatic heterocycles. The van der Waals surface area contributed by atoms with Crippen molar-refractivity contribution in [2.75, 3.05) is 0 Å². The molecule has 2 saturated carbocycles. The number of hydrogen-bond acceptors (Lipinski definition) is 2. The lowest BCUT2D eigenvalue weighted by atomic mass is 9.74. The van der Waals surface area contributed by atoms with Crippen molar-refractivity contribution >= 4 is 5.91 Å². The number of amides is 1. The normalized spacial score (nSPS) is 35.5. The lowest BCUT2D eigenvalue weighted by Gasteiger charge is -2.38. The van der Waals surface area contributed by atoms with Gasteiger partial charge in [0.05, 0.1) is 5.92 Å². The van der Waals surface area contributed by atoms with E-state index in [9.17, 15) is 4.79 Å². The third-order valence-electron chi connectivity index (χ3n) is 4.52. The molecule has 2 fully saturated rings. The van der Waals surface area contributed by atoms with Gasteiger partial charge < -0.3 is 11.1 Å². The van der Waals surface area contributed by atoms with Crippen LogP contribution in [0.15, 0.2) is 0 Å². The van der Waals surface area contributed by atoms with Crippen LogP contribution in [0.1, 0.15) is 64.7 Å². The third-order valence-corrected chi connectivity index (χ3v) is 4.52. The van der Waals surface area contributed by atoms with Crippen LogP contribution in [0, 0.1) is 5.92 Å². The zero-order valence-electron chi connectivity index (χ0n) is 11.0. The molecule has 1 amide bonds. The van der Waals surface area contributed by atoms with Crippen LogP contribution in [0.25, 0.3) is 0 Å². The van der Waals surface area contributed by atoms with Crippen molar-refractivity contribution in [2.45, 2.75) is 76.3 Å². The monoisotopic (exact) mass is 238 g/mol. The van der Waals surface area contributed by atoms with E-state index in [1.54, 1.807) is 0 Å². The molecular weight excluding hydrogens is 212 g/mol. The second-order valence-electron chi connectivity index (χ2n) is 6.15. The van der Waals surface area contributed by atoms with E-state index in [0.717, 1.165) is 32.1 Å². The molecule has 98 valence electrons. The summed E-state index contributed by atoms with van der Waals surface area (Å²) in [6.07, 6.45) is 10.4. The Balaban J connectivity index is 1.89. The molecule has 0 aromatic carbocycles. The van der Waals surface area contributed by atoms with Gasteiger partial charge in [-0.2, -0.15) is 0 Å².